The summed E-state index contributed by atoms with van der Waals surface area (Å²) >= 11 is -2.03. The molecule has 0 saturated carbocycles. The van der Waals surface area contributed by atoms with E-state index in [4.69, 9.17) is 26.5 Å². The zero-order chi connectivity index (χ0) is 3.58. The van der Waals surface area contributed by atoms with Gasteiger partial charge in [0.2, 0.25) is 0 Å². The Morgan fingerprint density at radius 2 is 1.00 bits per heavy atom. The van der Waals surface area contributed by atoms with Crippen LogP contribution in [0.4, 0.5) is 0 Å². The Morgan fingerprint density at radius 3 is 1.00 bits per heavy atom. The molecule has 0 unspecified atom stereocenters. The third-order valence-corrected chi connectivity index (χ3v) is 0. The minimum Gasteiger partial charge on any atom is -0.870 e. The summed E-state index contributed by atoms with van der Waals surface area (Å²) in [4.78, 5) is 0. The molecule has 0 fully saturated rings. The predicted molar refractivity (Wildman–Crippen MR) is 31.2 cm³/mol. The van der Waals surface area contributed by atoms with Crippen molar-refractivity contribution in [3.8, 4) is 0 Å². The van der Waals surface area contributed by atoms with Gasteiger partial charge in [-0.1, -0.05) is 0 Å². The monoisotopic (exact) mass is 261 g/mol. The molecule has 0 aromatic heterocycles. The molecule has 6 heteroatoms. The first-order valence-electron chi connectivity index (χ1n) is 0.507. The molecule has 0 rings (SSSR count). The van der Waals surface area contributed by atoms with Crippen LogP contribution >= 0.6 is 26.5 Å². The number of rotatable bonds is 0. The van der Waals surface area contributed by atoms with Gasteiger partial charge in [0.15, 0.2) is 0 Å². The minimum atomic E-state index is -2.03. The molecular weight excluding hydrogens is 258 g/mol. The Bertz CT molecular complexity index is 15.5. The van der Waals surface area contributed by atoms with E-state index in [1.54, 1.807) is 0 Å². The average Bonchev–Trinajstić information content (AvgIpc) is 0.811. The van der Waals surface area contributed by atoms with Gasteiger partial charge in [-0.3, -0.25) is 0 Å². The fraction of sp³-hybridized carbons (Fsp3) is 0. The molecule has 0 bridgehead atoms. The molecule has 0 aromatic carbocycles. The fourth-order valence-corrected chi connectivity index (χ4v) is 0. The molecule has 0 spiro atoms. The molecule has 0 amide bonds. The summed E-state index contributed by atoms with van der Waals surface area (Å²) in [6, 6.07) is 0. The third-order valence-electron chi connectivity index (χ3n) is 0. The van der Waals surface area contributed by atoms with Crippen molar-refractivity contribution in [2.24, 2.45) is 0 Å². The van der Waals surface area contributed by atoms with Crippen molar-refractivity contribution in [1.82, 2.24) is 6.15 Å². The SMILES string of the molecule is [Cl][Sb]([Cl])[Cl].[NH4+].[OH-]. The Hall–Kier alpha value is 1.61. The van der Waals surface area contributed by atoms with Gasteiger partial charge in [-0.05, 0) is 0 Å². The second kappa shape index (κ2) is 9.79. The summed E-state index contributed by atoms with van der Waals surface area (Å²) < 4.78 is 0. The quantitative estimate of drug-likeness (QED) is 0.666. The van der Waals surface area contributed by atoms with Crippen molar-refractivity contribution >= 4 is 43.3 Å². The van der Waals surface area contributed by atoms with Crippen molar-refractivity contribution in [3.05, 3.63) is 0 Å². The van der Waals surface area contributed by atoms with E-state index in [9.17, 15) is 0 Å². The van der Waals surface area contributed by atoms with Gasteiger partial charge >= 0.3 is 43.3 Å². The summed E-state index contributed by atoms with van der Waals surface area (Å²) in [5.74, 6) is 0. The molecule has 0 atom stereocenters. The zero-order valence-electron chi connectivity index (χ0n) is 3.03. The van der Waals surface area contributed by atoms with Crippen LogP contribution in [-0.2, 0) is 0 Å². The first-order chi connectivity index (χ1) is 1.73. The van der Waals surface area contributed by atoms with E-state index in [-0.39, 0.29) is 11.6 Å². The Balaban J connectivity index is -0.0000000450. The van der Waals surface area contributed by atoms with Gasteiger partial charge in [-0.15, -0.1) is 0 Å². The van der Waals surface area contributed by atoms with Gasteiger partial charge in [0.25, 0.3) is 0 Å². The zero-order valence-corrected chi connectivity index (χ0v) is 7.85. The molecule has 5 N–H and O–H groups in total. The normalized spacial score (nSPS) is 6.00. The number of halogens is 3. The fourth-order valence-electron chi connectivity index (χ4n) is 0. The number of hydrogen-bond donors (Lipinski definition) is 1. The van der Waals surface area contributed by atoms with Crippen LogP contribution in [0.1, 0.15) is 0 Å². The van der Waals surface area contributed by atoms with E-state index in [2.05, 4.69) is 0 Å². The molecule has 0 aliphatic carbocycles. The van der Waals surface area contributed by atoms with Crippen molar-refractivity contribution < 1.29 is 5.48 Å². The van der Waals surface area contributed by atoms with Crippen LogP contribution in [0.5, 0.6) is 0 Å². The van der Waals surface area contributed by atoms with E-state index >= 15 is 0 Å². The number of hydrogen-bond acceptors (Lipinski definition) is 1. The molecule has 2 nitrogen and oxygen atoms in total. The van der Waals surface area contributed by atoms with Gasteiger partial charge in [0, 0.05) is 0 Å². The van der Waals surface area contributed by atoms with Gasteiger partial charge in [-0.25, -0.2) is 0 Å². The molecule has 42 valence electrons. The molecular formula is H5Cl3NOSb. The van der Waals surface area contributed by atoms with E-state index in [1.165, 1.54) is 0 Å². The Morgan fingerprint density at radius 1 is 1.00 bits per heavy atom. The summed E-state index contributed by atoms with van der Waals surface area (Å²) in [5.41, 5.74) is 0. The molecule has 0 aromatic rings. The van der Waals surface area contributed by atoms with Crippen molar-refractivity contribution in [2.45, 2.75) is 0 Å². The average molecular weight is 263 g/mol. The van der Waals surface area contributed by atoms with Crippen LogP contribution in [0.25, 0.3) is 0 Å². The smallest absolute Gasteiger partial charge is 0.369 e. The standard InChI is InChI=1S/3ClH.H3N.H2O.Sb/h3*1H;1H3;1H2;/q;;;;;+3/p-3. The second-order valence-electron chi connectivity index (χ2n) is 0.192. The first-order valence-corrected chi connectivity index (χ1v) is 10.2. The maximum atomic E-state index is 4.99. The van der Waals surface area contributed by atoms with Crippen LogP contribution in [0.3, 0.4) is 0 Å². The van der Waals surface area contributed by atoms with Gasteiger partial charge in [0.05, 0.1) is 0 Å². The third kappa shape index (κ3) is 46.0. The summed E-state index contributed by atoms with van der Waals surface area (Å²) in [6.45, 7) is 0. The summed E-state index contributed by atoms with van der Waals surface area (Å²) in [5, 5.41) is 0. The molecule has 0 radical (unpaired) electrons. The minimum absolute atomic E-state index is 0. The first kappa shape index (κ1) is 15.6. The van der Waals surface area contributed by atoms with Crippen LogP contribution < -0.4 is 6.15 Å². The largest absolute Gasteiger partial charge is 0.870 e. The topological polar surface area (TPSA) is 66.5 Å². The van der Waals surface area contributed by atoms with Crippen LogP contribution in [0, 0.1) is 0 Å². The number of quaternary nitrogens is 1. The molecule has 0 aliphatic rings. The van der Waals surface area contributed by atoms with Crippen LogP contribution in [-0.4, -0.2) is 22.3 Å². The predicted octanol–water partition coefficient (Wildman–Crippen LogP) is 1.89. The van der Waals surface area contributed by atoms with Crippen molar-refractivity contribution in [2.75, 3.05) is 0 Å². The van der Waals surface area contributed by atoms with Crippen molar-refractivity contribution in [3.63, 3.8) is 0 Å². The van der Waals surface area contributed by atoms with E-state index in [0.717, 1.165) is 0 Å². The van der Waals surface area contributed by atoms with Gasteiger partial charge < -0.3 is 11.6 Å². The Labute approximate surface area is 54.6 Å². The van der Waals surface area contributed by atoms with E-state index in [0.29, 0.717) is 0 Å². The Kier molecular flexibility index (Phi) is 25.5. The van der Waals surface area contributed by atoms with Crippen LogP contribution in [0.15, 0.2) is 0 Å². The van der Waals surface area contributed by atoms with Gasteiger partial charge in [0.1, 0.15) is 0 Å². The van der Waals surface area contributed by atoms with E-state index < -0.39 is 16.8 Å². The summed E-state index contributed by atoms with van der Waals surface area (Å²) in [7, 11) is 15.0. The molecule has 0 heterocycles. The molecule has 0 aliphatic heterocycles. The van der Waals surface area contributed by atoms with E-state index in [1.807, 2.05) is 0 Å². The molecule has 0 saturated heterocycles. The maximum Gasteiger partial charge on any atom is -0.369 e. The summed E-state index contributed by atoms with van der Waals surface area (Å²) in [6.07, 6.45) is 0. The van der Waals surface area contributed by atoms with Crippen molar-refractivity contribution in [1.29, 1.82) is 0 Å². The van der Waals surface area contributed by atoms with Crippen LogP contribution in [0.2, 0.25) is 0 Å². The van der Waals surface area contributed by atoms with Gasteiger partial charge in [-0.2, -0.15) is 0 Å². The second-order valence-corrected chi connectivity index (χ2v) is 11.6. The maximum absolute atomic E-state index is 4.99. The molecule has 6 heavy (non-hydrogen) atoms.